The van der Waals surface area contributed by atoms with Gasteiger partial charge in [0.25, 0.3) is 5.56 Å². The monoisotopic (exact) mass is 433 g/mol. The van der Waals surface area contributed by atoms with Gasteiger partial charge >= 0.3 is 0 Å². The lowest BCUT2D eigenvalue weighted by atomic mass is 9.73. The molecule has 0 unspecified atom stereocenters. The van der Waals surface area contributed by atoms with E-state index in [1.807, 2.05) is 19.2 Å². The van der Waals surface area contributed by atoms with E-state index < -0.39 is 0 Å². The van der Waals surface area contributed by atoms with Gasteiger partial charge in [-0.25, -0.2) is 4.98 Å². The van der Waals surface area contributed by atoms with Crippen molar-refractivity contribution in [1.29, 1.82) is 0 Å². The molecule has 4 heterocycles. The second kappa shape index (κ2) is 7.17. The summed E-state index contributed by atoms with van der Waals surface area (Å²) in [4.78, 5) is 25.4. The first-order valence-electron chi connectivity index (χ1n) is 11.9. The lowest BCUT2D eigenvalue weighted by Gasteiger charge is -2.43. The summed E-state index contributed by atoms with van der Waals surface area (Å²) in [5, 5.41) is 0. The number of nitrogens with zero attached hydrogens (tertiary/aromatic N) is 4. The molecule has 2 aromatic rings. The number of hydrogen-bond acceptors (Lipinski definition) is 6. The molecule has 3 aliphatic heterocycles. The number of aliphatic imine (C=N–C) groups is 1. The van der Waals surface area contributed by atoms with Gasteiger partial charge in [0.2, 0.25) is 5.95 Å². The van der Waals surface area contributed by atoms with Gasteiger partial charge in [-0.3, -0.25) is 14.4 Å². The summed E-state index contributed by atoms with van der Waals surface area (Å²) in [5.41, 5.74) is 11.2. The molecule has 4 aliphatic rings. The van der Waals surface area contributed by atoms with E-state index in [9.17, 15) is 4.79 Å². The van der Waals surface area contributed by atoms with Gasteiger partial charge in [-0.2, -0.15) is 0 Å². The predicted octanol–water partition coefficient (Wildman–Crippen LogP) is 2.41. The van der Waals surface area contributed by atoms with Crippen molar-refractivity contribution in [3.05, 3.63) is 50.9 Å². The molecule has 32 heavy (non-hydrogen) atoms. The van der Waals surface area contributed by atoms with Gasteiger partial charge in [0.15, 0.2) is 0 Å². The normalized spacial score (nSPS) is 25.6. The minimum absolute atomic E-state index is 0.00975. The molecular weight excluding hydrogens is 402 g/mol. The smallest absolute Gasteiger partial charge is 0.264 e. The zero-order valence-electron chi connectivity index (χ0n) is 18.9. The van der Waals surface area contributed by atoms with Gasteiger partial charge in [0.05, 0.1) is 30.1 Å². The van der Waals surface area contributed by atoms with Crippen LogP contribution in [0.1, 0.15) is 55.0 Å². The number of rotatable bonds is 2. The topological polar surface area (TPSA) is 85.7 Å². The molecule has 2 fully saturated rings. The summed E-state index contributed by atoms with van der Waals surface area (Å²) < 4.78 is 7.34. The van der Waals surface area contributed by atoms with Crippen LogP contribution in [0.5, 0.6) is 5.75 Å². The molecular formula is C25H31N5O2. The highest BCUT2D eigenvalue weighted by atomic mass is 16.5. The highest BCUT2D eigenvalue weighted by Crippen LogP contribution is 2.48. The Morgan fingerprint density at radius 1 is 1.22 bits per heavy atom. The Hall–Kier alpha value is -2.67. The highest BCUT2D eigenvalue weighted by Gasteiger charge is 2.46. The van der Waals surface area contributed by atoms with Crippen LogP contribution in [-0.4, -0.2) is 41.0 Å². The molecule has 0 amide bonds. The average molecular weight is 434 g/mol. The van der Waals surface area contributed by atoms with E-state index in [0.717, 1.165) is 67.6 Å². The molecule has 168 valence electrons. The van der Waals surface area contributed by atoms with Crippen LogP contribution in [0, 0.1) is 11.3 Å². The van der Waals surface area contributed by atoms with Crippen LogP contribution in [0.3, 0.4) is 0 Å². The molecule has 1 aromatic heterocycles. The van der Waals surface area contributed by atoms with Gasteiger partial charge in [-0.05, 0) is 60.8 Å². The number of ether oxygens (including phenoxy) is 1. The van der Waals surface area contributed by atoms with Crippen molar-refractivity contribution in [1.82, 2.24) is 9.55 Å². The van der Waals surface area contributed by atoms with Crippen LogP contribution in [0.15, 0.2) is 28.0 Å². The van der Waals surface area contributed by atoms with Crippen LogP contribution in [0.25, 0.3) is 0 Å². The van der Waals surface area contributed by atoms with Gasteiger partial charge in [-0.15, -0.1) is 0 Å². The largest absolute Gasteiger partial charge is 0.493 e. The summed E-state index contributed by atoms with van der Waals surface area (Å²) in [6.45, 7) is 5.26. The van der Waals surface area contributed by atoms with E-state index in [1.165, 1.54) is 18.4 Å². The zero-order valence-corrected chi connectivity index (χ0v) is 18.9. The molecule has 1 aliphatic carbocycles. The first kappa shape index (κ1) is 20.0. The number of piperidine rings is 1. The first-order valence-corrected chi connectivity index (χ1v) is 11.9. The molecule has 6 rings (SSSR count). The van der Waals surface area contributed by atoms with Crippen LogP contribution in [-0.2, 0) is 20.0 Å². The van der Waals surface area contributed by atoms with Crippen molar-refractivity contribution in [2.45, 2.75) is 51.6 Å². The third-order valence-electron chi connectivity index (χ3n) is 8.39. The fraction of sp³-hybridized carbons (Fsp3) is 0.560. The molecule has 7 heteroatoms. The fourth-order valence-electron chi connectivity index (χ4n) is 6.27. The molecule has 0 radical (unpaired) electrons. The maximum absolute atomic E-state index is 13.5. The SMILES string of the molecule is C[C@@H]1CCC2(CCN(c3nc4c(c(=O)n3C)C(c3ccc5c(c3)CCO5)=NC4)CC2)[C@@H]1N. The Morgan fingerprint density at radius 3 is 2.78 bits per heavy atom. The zero-order chi connectivity index (χ0) is 22.0. The van der Waals surface area contributed by atoms with Crippen molar-refractivity contribution in [3.63, 3.8) is 0 Å². The summed E-state index contributed by atoms with van der Waals surface area (Å²) in [6, 6.07) is 6.39. The Balaban J connectivity index is 1.29. The number of fused-ring (bicyclic) bond motifs is 2. The highest BCUT2D eigenvalue weighted by molar-refractivity contribution is 6.14. The minimum Gasteiger partial charge on any atom is -0.493 e. The molecule has 1 spiro atoms. The van der Waals surface area contributed by atoms with Crippen molar-refractivity contribution in [2.24, 2.45) is 29.1 Å². The Bertz CT molecular complexity index is 1180. The second-order valence-corrected chi connectivity index (χ2v) is 10.1. The van der Waals surface area contributed by atoms with Crippen LogP contribution < -0.4 is 20.9 Å². The van der Waals surface area contributed by atoms with E-state index in [0.29, 0.717) is 18.0 Å². The number of hydrogen-bond donors (Lipinski definition) is 1. The number of nitrogens with two attached hydrogens (primary N) is 1. The Morgan fingerprint density at radius 2 is 2.03 bits per heavy atom. The van der Waals surface area contributed by atoms with Crippen LogP contribution in [0.2, 0.25) is 0 Å². The van der Waals surface area contributed by atoms with E-state index in [2.05, 4.69) is 17.9 Å². The van der Waals surface area contributed by atoms with Gasteiger partial charge in [0.1, 0.15) is 5.75 Å². The lowest BCUT2D eigenvalue weighted by Crippen LogP contribution is -2.49. The van der Waals surface area contributed by atoms with E-state index in [1.54, 1.807) is 4.57 Å². The summed E-state index contributed by atoms with van der Waals surface area (Å²) in [7, 11) is 1.84. The Kier molecular flexibility index (Phi) is 4.47. The van der Waals surface area contributed by atoms with Gasteiger partial charge in [0, 0.05) is 38.2 Å². The molecule has 2 atom stereocenters. The molecule has 0 bridgehead atoms. The molecule has 1 saturated carbocycles. The fourth-order valence-corrected chi connectivity index (χ4v) is 6.27. The van der Waals surface area contributed by atoms with Crippen molar-refractivity contribution < 1.29 is 4.74 Å². The molecule has 2 N–H and O–H groups in total. The molecule has 1 saturated heterocycles. The third kappa shape index (κ3) is 2.86. The maximum Gasteiger partial charge on any atom is 0.264 e. The standard InChI is InChI=1S/C25H31N5O2/c1-15-5-7-25(22(15)26)8-10-30(11-9-25)24-28-18-14-27-21(20(18)23(31)29(24)2)17-3-4-19-16(13-17)6-12-32-19/h3-4,13,15,22H,5-12,14,26H2,1-2H3/t15-,22-/m1/s1. The first-order chi connectivity index (χ1) is 15.5. The number of aromatic nitrogens is 2. The van der Waals surface area contributed by atoms with E-state index in [-0.39, 0.29) is 17.0 Å². The van der Waals surface area contributed by atoms with Gasteiger partial charge in [-0.1, -0.05) is 6.92 Å². The molecule has 1 aromatic carbocycles. The third-order valence-corrected chi connectivity index (χ3v) is 8.39. The van der Waals surface area contributed by atoms with Gasteiger partial charge < -0.3 is 15.4 Å². The lowest BCUT2D eigenvalue weighted by molar-refractivity contribution is 0.185. The predicted molar refractivity (Wildman–Crippen MR) is 125 cm³/mol. The summed E-state index contributed by atoms with van der Waals surface area (Å²) >= 11 is 0. The van der Waals surface area contributed by atoms with Crippen LogP contribution in [0.4, 0.5) is 5.95 Å². The summed E-state index contributed by atoms with van der Waals surface area (Å²) in [5.74, 6) is 2.31. The summed E-state index contributed by atoms with van der Waals surface area (Å²) in [6.07, 6.45) is 5.50. The van der Waals surface area contributed by atoms with E-state index >= 15 is 0 Å². The second-order valence-electron chi connectivity index (χ2n) is 10.1. The number of anilines is 1. The Labute approximate surface area is 188 Å². The number of benzene rings is 1. The van der Waals surface area contributed by atoms with Crippen molar-refractivity contribution in [3.8, 4) is 5.75 Å². The minimum atomic E-state index is -0.00975. The maximum atomic E-state index is 13.5. The quantitative estimate of drug-likeness (QED) is 0.786. The van der Waals surface area contributed by atoms with Crippen molar-refractivity contribution >= 4 is 11.7 Å². The average Bonchev–Trinajstić information content (AvgIpc) is 3.51. The van der Waals surface area contributed by atoms with E-state index in [4.69, 9.17) is 20.4 Å². The van der Waals surface area contributed by atoms with Crippen LogP contribution >= 0.6 is 0 Å². The van der Waals surface area contributed by atoms with Crippen molar-refractivity contribution in [2.75, 3.05) is 24.6 Å². The molecule has 7 nitrogen and oxygen atoms in total.